The highest BCUT2D eigenvalue weighted by Crippen LogP contribution is 2.40. The number of carbonyl (C=O) groups is 1. The van der Waals surface area contributed by atoms with Crippen molar-refractivity contribution in [2.24, 2.45) is 0 Å². The molecule has 0 bridgehead atoms. The van der Waals surface area contributed by atoms with Gasteiger partial charge in [0.05, 0.1) is 6.20 Å². The molecule has 0 spiro atoms. The lowest BCUT2D eigenvalue weighted by atomic mass is 10.1. The quantitative estimate of drug-likeness (QED) is 0.575. The minimum absolute atomic E-state index is 0.0566. The molecule has 6 nitrogen and oxygen atoms in total. The zero-order chi connectivity index (χ0) is 19.7. The van der Waals surface area contributed by atoms with Crippen molar-refractivity contribution in [3.8, 4) is 0 Å². The number of aromatic nitrogens is 3. The van der Waals surface area contributed by atoms with Crippen LogP contribution in [0.25, 0.3) is 5.65 Å². The van der Waals surface area contributed by atoms with Crippen LogP contribution in [0.15, 0.2) is 36.5 Å². The molecule has 146 valence electrons. The number of alkyl halides is 1. The van der Waals surface area contributed by atoms with Gasteiger partial charge in [0.25, 0.3) is 0 Å². The van der Waals surface area contributed by atoms with Gasteiger partial charge in [0, 0.05) is 35.5 Å². The molecule has 1 fully saturated rings. The van der Waals surface area contributed by atoms with Crippen LogP contribution < -0.4 is 10.6 Å². The fourth-order valence-corrected chi connectivity index (χ4v) is 3.33. The average Bonchev–Trinajstić information content (AvgIpc) is 3.45. The fraction of sp³-hybridized carbons (Fsp3) is 0.381. The highest BCUT2D eigenvalue weighted by molar-refractivity contribution is 6.29. The number of amides is 1. The molecule has 1 aliphatic rings. The van der Waals surface area contributed by atoms with E-state index in [2.05, 4.69) is 35.6 Å². The Bertz CT molecular complexity index is 1010. The summed E-state index contributed by atoms with van der Waals surface area (Å²) in [5.74, 6) is 1.60. The van der Waals surface area contributed by atoms with Crippen LogP contribution in [0.1, 0.15) is 55.3 Å². The van der Waals surface area contributed by atoms with Crippen LogP contribution in [0.5, 0.6) is 0 Å². The number of fused-ring (bicyclic) bond motifs is 1. The van der Waals surface area contributed by atoms with Crippen molar-refractivity contribution in [2.45, 2.75) is 45.1 Å². The van der Waals surface area contributed by atoms with E-state index in [1.165, 1.54) is 12.8 Å². The summed E-state index contributed by atoms with van der Waals surface area (Å²) in [7, 11) is 0. The Morgan fingerprint density at radius 3 is 2.86 bits per heavy atom. The number of nitrogens with zero attached hydrogens (tertiary/aromatic N) is 3. The molecule has 1 amide bonds. The average molecular weight is 398 g/mol. The van der Waals surface area contributed by atoms with Gasteiger partial charge in [-0.05, 0) is 36.5 Å². The van der Waals surface area contributed by atoms with Crippen molar-refractivity contribution in [1.29, 1.82) is 0 Å². The van der Waals surface area contributed by atoms with Gasteiger partial charge in [0.1, 0.15) is 11.7 Å². The predicted molar refractivity (Wildman–Crippen MR) is 112 cm³/mol. The minimum atomic E-state index is -0.213. The van der Waals surface area contributed by atoms with Crippen LogP contribution in [0.4, 0.5) is 11.5 Å². The molecule has 0 aliphatic heterocycles. The molecule has 1 saturated carbocycles. The summed E-state index contributed by atoms with van der Waals surface area (Å²) >= 11 is 5.57. The van der Waals surface area contributed by atoms with Crippen LogP contribution in [0.3, 0.4) is 0 Å². The molecule has 2 aromatic heterocycles. The summed E-state index contributed by atoms with van der Waals surface area (Å²) in [5.41, 5.74) is 5.04. The maximum absolute atomic E-state index is 11.5. The predicted octanol–water partition coefficient (Wildman–Crippen LogP) is 4.52. The van der Waals surface area contributed by atoms with Gasteiger partial charge in [-0.1, -0.05) is 26.0 Å². The van der Waals surface area contributed by atoms with Crippen LogP contribution in [-0.4, -0.2) is 26.4 Å². The number of hydrogen-bond acceptors (Lipinski definition) is 4. The maximum atomic E-state index is 11.5. The summed E-state index contributed by atoms with van der Waals surface area (Å²) in [6, 6.07) is 9.85. The Morgan fingerprint density at radius 2 is 2.14 bits per heavy atom. The van der Waals surface area contributed by atoms with Gasteiger partial charge in [0.15, 0.2) is 5.65 Å². The second-order valence-corrected chi connectivity index (χ2v) is 7.83. The van der Waals surface area contributed by atoms with Crippen molar-refractivity contribution < 1.29 is 4.79 Å². The van der Waals surface area contributed by atoms with E-state index in [-0.39, 0.29) is 11.8 Å². The molecule has 1 aliphatic carbocycles. The first kappa shape index (κ1) is 18.7. The normalized spacial score (nSPS) is 13.9. The summed E-state index contributed by atoms with van der Waals surface area (Å²) in [4.78, 5) is 16.4. The highest BCUT2D eigenvalue weighted by atomic mass is 35.5. The summed E-state index contributed by atoms with van der Waals surface area (Å²) in [5, 5.41) is 10.8. The lowest BCUT2D eigenvalue weighted by Crippen LogP contribution is -2.13. The molecule has 4 rings (SSSR count). The van der Waals surface area contributed by atoms with Crippen LogP contribution in [0, 0.1) is 0 Å². The molecule has 0 saturated heterocycles. The van der Waals surface area contributed by atoms with Crippen LogP contribution >= 0.6 is 11.6 Å². The first-order valence-corrected chi connectivity index (χ1v) is 10.2. The van der Waals surface area contributed by atoms with E-state index < -0.39 is 0 Å². The van der Waals surface area contributed by atoms with Gasteiger partial charge < -0.3 is 10.6 Å². The van der Waals surface area contributed by atoms with E-state index in [1.807, 2.05) is 35.0 Å². The first-order chi connectivity index (χ1) is 13.5. The Balaban J connectivity index is 1.59. The van der Waals surface area contributed by atoms with Crippen LogP contribution in [-0.2, 0) is 11.3 Å². The zero-order valence-corrected chi connectivity index (χ0v) is 16.8. The second-order valence-electron chi connectivity index (χ2n) is 7.57. The Hall–Kier alpha value is -2.60. The van der Waals surface area contributed by atoms with Gasteiger partial charge in [-0.15, -0.1) is 11.6 Å². The molecule has 3 aromatic rings. The molecule has 2 heterocycles. The number of nitrogens with one attached hydrogen (secondary N) is 2. The maximum Gasteiger partial charge on any atom is 0.239 e. The number of carbonyl (C=O) groups excluding carboxylic acids is 1. The molecule has 1 aromatic carbocycles. The Morgan fingerprint density at radius 1 is 1.32 bits per heavy atom. The summed E-state index contributed by atoms with van der Waals surface area (Å²) in [6.07, 6.45) is 4.32. The molecular weight excluding hydrogens is 374 g/mol. The number of benzene rings is 1. The fourth-order valence-electron chi connectivity index (χ4n) is 3.27. The third-order valence-corrected chi connectivity index (χ3v) is 5.19. The smallest absolute Gasteiger partial charge is 0.239 e. The van der Waals surface area contributed by atoms with Gasteiger partial charge in [0.2, 0.25) is 5.91 Å². The number of halogens is 1. The third-order valence-electron chi connectivity index (χ3n) is 4.94. The first-order valence-electron chi connectivity index (χ1n) is 9.62. The SMILES string of the molecule is CC(C)c1cnn2c(NCc3cccc(NC(=O)CCl)c3)cc(C3CC3)nc12. The number of rotatable bonds is 7. The molecular formula is C21H24ClN5O. The second kappa shape index (κ2) is 7.80. The van der Waals surface area contributed by atoms with Gasteiger partial charge >= 0.3 is 0 Å². The largest absolute Gasteiger partial charge is 0.366 e. The monoisotopic (exact) mass is 397 g/mol. The molecule has 0 unspecified atom stereocenters. The number of anilines is 2. The van der Waals surface area contributed by atoms with E-state index in [1.54, 1.807) is 0 Å². The van der Waals surface area contributed by atoms with Gasteiger partial charge in [-0.3, -0.25) is 4.79 Å². The Labute approximate surface area is 169 Å². The highest BCUT2D eigenvalue weighted by Gasteiger charge is 2.27. The Kier molecular flexibility index (Phi) is 5.22. The summed E-state index contributed by atoms with van der Waals surface area (Å²) < 4.78 is 1.89. The molecule has 0 radical (unpaired) electrons. The zero-order valence-electron chi connectivity index (χ0n) is 16.1. The van der Waals surface area contributed by atoms with E-state index >= 15 is 0 Å². The molecule has 2 N–H and O–H groups in total. The topological polar surface area (TPSA) is 71.3 Å². The lowest BCUT2D eigenvalue weighted by molar-refractivity contribution is -0.113. The third kappa shape index (κ3) is 3.97. The summed E-state index contributed by atoms with van der Waals surface area (Å²) in [6.45, 7) is 4.94. The van der Waals surface area contributed by atoms with E-state index in [0.717, 1.165) is 34.0 Å². The van der Waals surface area contributed by atoms with Crippen molar-refractivity contribution in [2.75, 3.05) is 16.5 Å². The van der Waals surface area contributed by atoms with E-state index in [0.29, 0.717) is 18.4 Å². The molecule has 28 heavy (non-hydrogen) atoms. The molecule has 0 atom stereocenters. The lowest BCUT2D eigenvalue weighted by Gasteiger charge is -2.12. The number of hydrogen-bond donors (Lipinski definition) is 2. The minimum Gasteiger partial charge on any atom is -0.366 e. The van der Waals surface area contributed by atoms with Crippen molar-refractivity contribution >= 4 is 34.7 Å². The van der Waals surface area contributed by atoms with Crippen LogP contribution in [0.2, 0.25) is 0 Å². The van der Waals surface area contributed by atoms with Gasteiger partial charge in [-0.25, -0.2) is 4.98 Å². The molecule has 7 heteroatoms. The van der Waals surface area contributed by atoms with E-state index in [4.69, 9.17) is 16.6 Å². The standard InChI is InChI=1S/C21H24ClN5O/c1-13(2)17-12-24-27-19(9-18(15-6-7-15)26-21(17)27)23-11-14-4-3-5-16(8-14)25-20(28)10-22/h3-5,8-9,12-13,15,23H,6-7,10-11H2,1-2H3,(H,25,28). The van der Waals surface area contributed by atoms with Crippen molar-refractivity contribution in [1.82, 2.24) is 14.6 Å². The van der Waals surface area contributed by atoms with Gasteiger partial charge in [-0.2, -0.15) is 9.61 Å². The van der Waals surface area contributed by atoms with E-state index in [9.17, 15) is 4.79 Å². The van der Waals surface area contributed by atoms with Crippen molar-refractivity contribution in [3.63, 3.8) is 0 Å². The van der Waals surface area contributed by atoms with Crippen molar-refractivity contribution in [3.05, 3.63) is 53.3 Å².